The van der Waals surface area contributed by atoms with Gasteiger partial charge in [0.05, 0.1) is 13.5 Å². The van der Waals surface area contributed by atoms with Gasteiger partial charge in [-0.15, -0.1) is 0 Å². The van der Waals surface area contributed by atoms with E-state index in [1.807, 2.05) is 0 Å². The minimum atomic E-state index is -0.122. The average Bonchev–Trinajstić information content (AvgIpc) is 2.19. The van der Waals surface area contributed by atoms with Crippen LogP contribution in [-0.2, 0) is 9.53 Å². The van der Waals surface area contributed by atoms with E-state index < -0.39 is 0 Å². The van der Waals surface area contributed by atoms with Gasteiger partial charge < -0.3 is 10.1 Å². The van der Waals surface area contributed by atoms with E-state index in [-0.39, 0.29) is 5.97 Å². The first kappa shape index (κ1) is 11.5. The molecule has 1 rings (SSSR count). The molecule has 0 aromatic carbocycles. The van der Waals surface area contributed by atoms with Gasteiger partial charge in [0.25, 0.3) is 0 Å². The molecular formula is C10H20N2O2. The number of nitrogens with zero attached hydrogens (tertiary/aromatic N) is 1. The lowest BCUT2D eigenvalue weighted by Crippen LogP contribution is -2.54. The molecule has 0 spiro atoms. The molecule has 0 amide bonds. The molecule has 0 aromatic rings. The molecule has 0 saturated carbocycles. The maximum atomic E-state index is 11.0. The maximum Gasteiger partial charge on any atom is 0.306 e. The molecule has 1 fully saturated rings. The van der Waals surface area contributed by atoms with Gasteiger partial charge in [0, 0.05) is 31.7 Å². The molecule has 4 heteroatoms. The molecule has 4 nitrogen and oxygen atoms in total. The molecule has 14 heavy (non-hydrogen) atoms. The highest BCUT2D eigenvalue weighted by Gasteiger charge is 2.22. The minimum absolute atomic E-state index is 0.122. The Morgan fingerprint density at radius 2 is 2.29 bits per heavy atom. The Hall–Kier alpha value is -0.610. The highest BCUT2D eigenvalue weighted by Crippen LogP contribution is 2.07. The summed E-state index contributed by atoms with van der Waals surface area (Å²) in [5.74, 6) is -0.122. The number of piperazine rings is 1. The molecular weight excluding hydrogens is 180 g/mol. The lowest BCUT2D eigenvalue weighted by Gasteiger charge is -2.37. The number of hydrogen-bond acceptors (Lipinski definition) is 4. The monoisotopic (exact) mass is 200 g/mol. The van der Waals surface area contributed by atoms with Crippen LogP contribution in [-0.4, -0.2) is 49.7 Å². The molecule has 0 aliphatic carbocycles. The largest absolute Gasteiger partial charge is 0.469 e. The SMILES string of the molecule is COC(=O)CCN1CC(C)NCC1C. The average molecular weight is 200 g/mol. The second-order valence-electron chi connectivity index (χ2n) is 3.98. The zero-order valence-corrected chi connectivity index (χ0v) is 9.25. The van der Waals surface area contributed by atoms with Crippen LogP contribution >= 0.6 is 0 Å². The third kappa shape index (κ3) is 3.27. The van der Waals surface area contributed by atoms with Gasteiger partial charge in [0.1, 0.15) is 0 Å². The summed E-state index contributed by atoms with van der Waals surface area (Å²) in [5, 5.41) is 3.41. The molecule has 2 atom stereocenters. The Labute approximate surface area is 85.6 Å². The summed E-state index contributed by atoms with van der Waals surface area (Å²) < 4.78 is 4.62. The van der Waals surface area contributed by atoms with Crippen LogP contribution in [0.2, 0.25) is 0 Å². The van der Waals surface area contributed by atoms with Crippen LogP contribution in [0.3, 0.4) is 0 Å². The third-order valence-electron chi connectivity index (χ3n) is 2.72. The summed E-state index contributed by atoms with van der Waals surface area (Å²) in [6.45, 7) is 7.16. The molecule has 0 aromatic heterocycles. The number of carbonyl (C=O) groups excluding carboxylic acids is 1. The fourth-order valence-electron chi connectivity index (χ4n) is 1.75. The van der Waals surface area contributed by atoms with Gasteiger partial charge in [0.2, 0.25) is 0 Å². The van der Waals surface area contributed by atoms with Crippen LogP contribution in [0, 0.1) is 0 Å². The van der Waals surface area contributed by atoms with E-state index in [1.165, 1.54) is 7.11 Å². The van der Waals surface area contributed by atoms with E-state index in [0.29, 0.717) is 18.5 Å². The summed E-state index contributed by atoms with van der Waals surface area (Å²) in [7, 11) is 1.44. The summed E-state index contributed by atoms with van der Waals surface area (Å²) in [4.78, 5) is 13.3. The number of nitrogens with one attached hydrogen (secondary N) is 1. The Bertz CT molecular complexity index is 197. The standard InChI is InChI=1S/C10H20N2O2/c1-8-7-12(9(2)6-11-8)5-4-10(13)14-3/h8-9,11H,4-7H2,1-3H3. The van der Waals surface area contributed by atoms with Crippen molar-refractivity contribution in [2.75, 3.05) is 26.7 Å². The molecule has 82 valence electrons. The van der Waals surface area contributed by atoms with Crippen molar-refractivity contribution in [1.82, 2.24) is 10.2 Å². The normalized spacial score (nSPS) is 28.8. The minimum Gasteiger partial charge on any atom is -0.469 e. The van der Waals surface area contributed by atoms with E-state index in [2.05, 4.69) is 28.8 Å². The maximum absolute atomic E-state index is 11.0. The first-order valence-corrected chi connectivity index (χ1v) is 5.17. The number of methoxy groups -OCH3 is 1. The van der Waals surface area contributed by atoms with Crippen LogP contribution in [0.15, 0.2) is 0 Å². The smallest absolute Gasteiger partial charge is 0.306 e. The highest BCUT2D eigenvalue weighted by molar-refractivity contribution is 5.69. The third-order valence-corrected chi connectivity index (χ3v) is 2.72. The second kappa shape index (κ2) is 5.32. The Morgan fingerprint density at radius 3 is 2.93 bits per heavy atom. The summed E-state index contributed by atoms with van der Waals surface area (Å²) in [6.07, 6.45) is 0.494. The van der Waals surface area contributed by atoms with Crippen molar-refractivity contribution in [3.8, 4) is 0 Å². The number of rotatable bonds is 3. The van der Waals surface area contributed by atoms with Gasteiger partial charge in [-0.3, -0.25) is 9.69 Å². The van der Waals surface area contributed by atoms with E-state index in [4.69, 9.17) is 0 Å². The van der Waals surface area contributed by atoms with Gasteiger partial charge >= 0.3 is 5.97 Å². The van der Waals surface area contributed by atoms with Gasteiger partial charge in [0.15, 0.2) is 0 Å². The van der Waals surface area contributed by atoms with Crippen molar-refractivity contribution in [1.29, 1.82) is 0 Å². The van der Waals surface area contributed by atoms with E-state index in [1.54, 1.807) is 0 Å². The highest BCUT2D eigenvalue weighted by atomic mass is 16.5. The van der Waals surface area contributed by atoms with Crippen LogP contribution < -0.4 is 5.32 Å². The molecule has 0 radical (unpaired) electrons. The summed E-state index contributed by atoms with van der Waals surface area (Å²) in [6, 6.07) is 1.03. The number of esters is 1. The lowest BCUT2D eigenvalue weighted by molar-refractivity contribution is -0.141. The molecule has 1 N–H and O–H groups in total. The van der Waals surface area contributed by atoms with Gasteiger partial charge in [-0.1, -0.05) is 0 Å². The van der Waals surface area contributed by atoms with Crippen LogP contribution in [0.5, 0.6) is 0 Å². The Morgan fingerprint density at radius 1 is 1.57 bits per heavy atom. The van der Waals surface area contributed by atoms with E-state index in [9.17, 15) is 4.79 Å². The molecule has 2 unspecified atom stereocenters. The molecule has 1 heterocycles. The molecule has 1 saturated heterocycles. The molecule has 1 aliphatic heterocycles. The number of ether oxygens (including phenoxy) is 1. The zero-order chi connectivity index (χ0) is 10.6. The number of carbonyl (C=O) groups is 1. The van der Waals surface area contributed by atoms with Crippen molar-refractivity contribution in [3.63, 3.8) is 0 Å². The van der Waals surface area contributed by atoms with Gasteiger partial charge in [-0.25, -0.2) is 0 Å². The predicted octanol–water partition coefficient (Wildman–Crippen LogP) is 0.232. The summed E-state index contributed by atoms with van der Waals surface area (Å²) >= 11 is 0. The second-order valence-corrected chi connectivity index (χ2v) is 3.98. The fraction of sp³-hybridized carbons (Fsp3) is 0.900. The van der Waals surface area contributed by atoms with Crippen molar-refractivity contribution in [3.05, 3.63) is 0 Å². The van der Waals surface area contributed by atoms with Crippen molar-refractivity contribution < 1.29 is 9.53 Å². The van der Waals surface area contributed by atoms with E-state index >= 15 is 0 Å². The van der Waals surface area contributed by atoms with Crippen LogP contribution in [0.4, 0.5) is 0 Å². The van der Waals surface area contributed by atoms with E-state index in [0.717, 1.165) is 19.6 Å². The fourth-order valence-corrected chi connectivity index (χ4v) is 1.75. The quantitative estimate of drug-likeness (QED) is 0.662. The molecule has 0 bridgehead atoms. The predicted molar refractivity (Wildman–Crippen MR) is 55.1 cm³/mol. The van der Waals surface area contributed by atoms with Gasteiger partial charge in [-0.05, 0) is 13.8 Å². The van der Waals surface area contributed by atoms with Crippen molar-refractivity contribution >= 4 is 5.97 Å². The van der Waals surface area contributed by atoms with Gasteiger partial charge in [-0.2, -0.15) is 0 Å². The Balaban J connectivity index is 2.30. The van der Waals surface area contributed by atoms with Crippen molar-refractivity contribution in [2.45, 2.75) is 32.4 Å². The van der Waals surface area contributed by atoms with Crippen molar-refractivity contribution in [2.24, 2.45) is 0 Å². The topological polar surface area (TPSA) is 41.6 Å². The summed E-state index contributed by atoms with van der Waals surface area (Å²) in [5.41, 5.74) is 0. The Kier molecular flexibility index (Phi) is 4.35. The van der Waals surface area contributed by atoms with Crippen LogP contribution in [0.25, 0.3) is 0 Å². The zero-order valence-electron chi connectivity index (χ0n) is 9.25. The molecule has 1 aliphatic rings. The first-order valence-electron chi connectivity index (χ1n) is 5.17. The van der Waals surface area contributed by atoms with Crippen LogP contribution in [0.1, 0.15) is 20.3 Å². The first-order chi connectivity index (χ1) is 6.63. The lowest BCUT2D eigenvalue weighted by atomic mass is 10.1. The number of hydrogen-bond donors (Lipinski definition) is 1.